The van der Waals surface area contributed by atoms with Gasteiger partial charge in [-0.05, 0) is 26.0 Å². The van der Waals surface area contributed by atoms with Crippen LogP contribution in [0.15, 0.2) is 12.1 Å². The molecule has 0 bridgehead atoms. The number of hydrogen-bond donors (Lipinski definition) is 0. The van der Waals surface area contributed by atoms with E-state index in [-0.39, 0.29) is 10.8 Å². The number of rotatable bonds is 4. The summed E-state index contributed by atoms with van der Waals surface area (Å²) in [6, 6.07) is 2.98. The number of ether oxygens (including phenoxy) is 1. The van der Waals surface area contributed by atoms with Crippen molar-refractivity contribution in [3.05, 3.63) is 28.3 Å². The summed E-state index contributed by atoms with van der Waals surface area (Å²) in [7, 11) is 0. The van der Waals surface area contributed by atoms with Gasteiger partial charge in [0.05, 0.1) is 11.6 Å². The van der Waals surface area contributed by atoms with Crippen molar-refractivity contribution >= 4 is 23.7 Å². The van der Waals surface area contributed by atoms with E-state index in [1.807, 2.05) is 0 Å². The van der Waals surface area contributed by atoms with E-state index >= 15 is 0 Å². The maximum absolute atomic E-state index is 11.2. The molecular weight excluding hydrogens is 216 g/mol. The third-order valence-electron chi connectivity index (χ3n) is 1.88. The second kappa shape index (κ2) is 4.94. The number of halogens is 1. The number of Topliss-reactive ketones (excluding diaryl/α,β-unsaturated/α-hetero) is 1. The summed E-state index contributed by atoms with van der Waals surface area (Å²) in [5, 5.41) is 0.259. The highest BCUT2D eigenvalue weighted by Crippen LogP contribution is 2.30. The second-order valence-corrected chi connectivity index (χ2v) is 3.37. The van der Waals surface area contributed by atoms with E-state index in [1.165, 1.54) is 19.1 Å². The predicted octanol–water partition coefficient (Wildman–Crippen LogP) is 2.75. The molecule has 15 heavy (non-hydrogen) atoms. The summed E-state index contributed by atoms with van der Waals surface area (Å²) in [6.45, 7) is 3.63. The van der Waals surface area contributed by atoms with Crippen molar-refractivity contribution in [2.45, 2.75) is 13.8 Å². The molecule has 0 aliphatic heterocycles. The van der Waals surface area contributed by atoms with Crippen molar-refractivity contribution in [3.63, 3.8) is 0 Å². The lowest BCUT2D eigenvalue weighted by molar-refractivity contribution is 0.101. The van der Waals surface area contributed by atoms with Crippen molar-refractivity contribution in [2.75, 3.05) is 6.61 Å². The minimum absolute atomic E-state index is 0.190. The lowest BCUT2D eigenvalue weighted by Gasteiger charge is -2.09. The highest BCUT2D eigenvalue weighted by molar-refractivity contribution is 6.35. The largest absolute Gasteiger partial charge is 0.492 e. The molecular formula is C11H11ClO3. The van der Waals surface area contributed by atoms with Crippen LogP contribution in [0.4, 0.5) is 0 Å². The van der Waals surface area contributed by atoms with Gasteiger partial charge < -0.3 is 4.74 Å². The van der Waals surface area contributed by atoms with Crippen LogP contribution in [0.25, 0.3) is 0 Å². The summed E-state index contributed by atoms with van der Waals surface area (Å²) in [5.41, 5.74) is 0.692. The molecule has 0 fully saturated rings. The van der Waals surface area contributed by atoms with E-state index < -0.39 is 0 Å². The van der Waals surface area contributed by atoms with Gasteiger partial charge in [0.1, 0.15) is 12.0 Å². The average molecular weight is 227 g/mol. The van der Waals surface area contributed by atoms with Crippen LogP contribution in [0, 0.1) is 0 Å². The van der Waals surface area contributed by atoms with Crippen LogP contribution in [0.2, 0.25) is 5.02 Å². The number of benzene rings is 1. The Hall–Kier alpha value is -1.35. The van der Waals surface area contributed by atoms with E-state index in [9.17, 15) is 9.59 Å². The van der Waals surface area contributed by atoms with Gasteiger partial charge in [-0.15, -0.1) is 0 Å². The SMILES string of the molecule is CCOc1cc(C=O)cc(C(C)=O)c1Cl. The summed E-state index contributed by atoms with van der Waals surface area (Å²) < 4.78 is 5.23. The van der Waals surface area contributed by atoms with Crippen molar-refractivity contribution in [1.29, 1.82) is 0 Å². The zero-order valence-corrected chi connectivity index (χ0v) is 9.30. The van der Waals surface area contributed by atoms with Crippen LogP contribution in [0.1, 0.15) is 34.6 Å². The molecule has 0 aromatic heterocycles. The van der Waals surface area contributed by atoms with E-state index in [1.54, 1.807) is 6.92 Å². The Bertz CT molecular complexity index is 399. The van der Waals surface area contributed by atoms with Crippen molar-refractivity contribution in [2.24, 2.45) is 0 Å². The molecule has 0 amide bonds. The van der Waals surface area contributed by atoms with E-state index in [0.717, 1.165) is 0 Å². The Balaban J connectivity index is 3.32. The van der Waals surface area contributed by atoms with Crippen LogP contribution in [-0.4, -0.2) is 18.7 Å². The number of ketones is 1. The molecule has 0 saturated heterocycles. The van der Waals surface area contributed by atoms with Gasteiger partial charge in [-0.2, -0.15) is 0 Å². The topological polar surface area (TPSA) is 43.4 Å². The molecule has 0 aliphatic rings. The molecule has 0 radical (unpaired) electrons. The first kappa shape index (κ1) is 11.7. The fourth-order valence-electron chi connectivity index (χ4n) is 1.20. The summed E-state index contributed by atoms with van der Waals surface area (Å²) >= 11 is 5.95. The molecule has 0 spiro atoms. The number of carbonyl (C=O) groups excluding carboxylic acids is 2. The first-order chi connectivity index (χ1) is 7.10. The van der Waals surface area contributed by atoms with Gasteiger partial charge in [0.15, 0.2) is 5.78 Å². The Labute approximate surface area is 93.0 Å². The van der Waals surface area contributed by atoms with Gasteiger partial charge in [-0.1, -0.05) is 11.6 Å². The predicted molar refractivity (Wildman–Crippen MR) is 58.0 cm³/mol. The molecule has 1 aromatic carbocycles. The standard InChI is InChI=1S/C11H11ClO3/c1-3-15-10-5-8(6-13)4-9(7(2)14)11(10)12/h4-6H,3H2,1-2H3. The molecule has 4 heteroatoms. The molecule has 0 heterocycles. The normalized spacial score (nSPS) is 9.80. The quantitative estimate of drug-likeness (QED) is 0.586. The Morgan fingerprint density at radius 2 is 2.20 bits per heavy atom. The summed E-state index contributed by atoms with van der Waals surface area (Å²) in [6.07, 6.45) is 0.658. The van der Waals surface area contributed by atoms with Crippen molar-refractivity contribution < 1.29 is 14.3 Å². The van der Waals surface area contributed by atoms with Gasteiger partial charge >= 0.3 is 0 Å². The zero-order chi connectivity index (χ0) is 11.4. The summed E-state index contributed by atoms with van der Waals surface area (Å²) in [4.78, 5) is 21.9. The smallest absolute Gasteiger partial charge is 0.161 e. The Morgan fingerprint density at radius 3 is 2.67 bits per heavy atom. The minimum atomic E-state index is -0.190. The second-order valence-electron chi connectivity index (χ2n) is 2.99. The first-order valence-electron chi connectivity index (χ1n) is 4.52. The number of hydrogen-bond acceptors (Lipinski definition) is 3. The third kappa shape index (κ3) is 2.57. The zero-order valence-electron chi connectivity index (χ0n) is 8.54. The molecule has 80 valence electrons. The van der Waals surface area contributed by atoms with Crippen LogP contribution < -0.4 is 4.74 Å². The van der Waals surface area contributed by atoms with Crippen LogP contribution in [0.5, 0.6) is 5.75 Å². The first-order valence-corrected chi connectivity index (χ1v) is 4.90. The van der Waals surface area contributed by atoms with E-state index in [4.69, 9.17) is 16.3 Å². The molecule has 1 aromatic rings. The fraction of sp³-hybridized carbons (Fsp3) is 0.273. The monoisotopic (exact) mass is 226 g/mol. The van der Waals surface area contributed by atoms with Crippen molar-refractivity contribution in [1.82, 2.24) is 0 Å². The maximum Gasteiger partial charge on any atom is 0.161 e. The molecule has 0 atom stereocenters. The van der Waals surface area contributed by atoms with Crippen molar-refractivity contribution in [3.8, 4) is 5.75 Å². The minimum Gasteiger partial charge on any atom is -0.492 e. The van der Waals surface area contributed by atoms with Gasteiger partial charge in [-0.25, -0.2) is 0 Å². The molecule has 0 saturated carbocycles. The van der Waals surface area contributed by atoms with Gasteiger partial charge in [0.25, 0.3) is 0 Å². The molecule has 0 aliphatic carbocycles. The molecule has 0 N–H and O–H groups in total. The number of carbonyl (C=O) groups is 2. The van der Waals surface area contributed by atoms with E-state index in [2.05, 4.69) is 0 Å². The lowest BCUT2D eigenvalue weighted by Crippen LogP contribution is -2.00. The van der Waals surface area contributed by atoms with E-state index in [0.29, 0.717) is 29.8 Å². The summed E-state index contributed by atoms with van der Waals surface area (Å²) in [5.74, 6) is 0.179. The highest BCUT2D eigenvalue weighted by Gasteiger charge is 2.13. The van der Waals surface area contributed by atoms with Crippen LogP contribution in [0.3, 0.4) is 0 Å². The maximum atomic E-state index is 11.2. The van der Waals surface area contributed by atoms with Gasteiger partial charge in [-0.3, -0.25) is 9.59 Å². The third-order valence-corrected chi connectivity index (χ3v) is 2.27. The highest BCUT2D eigenvalue weighted by atomic mass is 35.5. The molecule has 3 nitrogen and oxygen atoms in total. The Kier molecular flexibility index (Phi) is 3.86. The van der Waals surface area contributed by atoms with Gasteiger partial charge in [0, 0.05) is 11.1 Å². The lowest BCUT2D eigenvalue weighted by atomic mass is 10.1. The fourth-order valence-corrected chi connectivity index (χ4v) is 1.50. The van der Waals surface area contributed by atoms with Crippen LogP contribution >= 0.6 is 11.6 Å². The average Bonchev–Trinajstić information content (AvgIpc) is 2.21. The molecule has 1 rings (SSSR count). The molecule has 0 unspecified atom stereocenters. The number of aldehydes is 1. The van der Waals surface area contributed by atoms with Crippen LogP contribution in [-0.2, 0) is 0 Å². The Morgan fingerprint density at radius 1 is 1.53 bits per heavy atom. The van der Waals surface area contributed by atoms with Gasteiger partial charge in [0.2, 0.25) is 0 Å².